The van der Waals surface area contributed by atoms with Gasteiger partial charge in [0.05, 0.1) is 0 Å². The first-order valence-corrected chi connectivity index (χ1v) is 8.65. The Morgan fingerprint density at radius 1 is 0.846 bits per heavy atom. The van der Waals surface area contributed by atoms with Gasteiger partial charge in [-0.05, 0) is 31.2 Å². The molecule has 0 saturated carbocycles. The van der Waals surface area contributed by atoms with Crippen LogP contribution < -0.4 is 10.6 Å². The summed E-state index contributed by atoms with van der Waals surface area (Å²) in [7, 11) is 0. The zero-order valence-corrected chi connectivity index (χ0v) is 14.6. The standard InChI is InChI=1S/C22H21FN2O/c1-16(17-8-4-2-5-9-17)24-21(18-10-6-3-7-11-18)22(26)25-20-14-12-19(23)13-15-20/h2-16,21,24H,1H3,(H,25,26)/p+1/t16-,21+/m0/s1. The lowest BCUT2D eigenvalue weighted by Crippen LogP contribution is -2.87. The van der Waals surface area contributed by atoms with Gasteiger partial charge in [0.25, 0.3) is 5.91 Å². The number of carbonyl (C=O) groups is 1. The van der Waals surface area contributed by atoms with Crippen molar-refractivity contribution in [2.24, 2.45) is 0 Å². The minimum Gasteiger partial charge on any atom is -0.326 e. The third-order valence-corrected chi connectivity index (χ3v) is 4.36. The Hall–Kier alpha value is -2.98. The van der Waals surface area contributed by atoms with Gasteiger partial charge in [-0.1, -0.05) is 60.7 Å². The molecule has 0 radical (unpaired) electrons. The molecule has 0 aliphatic rings. The van der Waals surface area contributed by atoms with Gasteiger partial charge in [-0.15, -0.1) is 0 Å². The number of hydrogen-bond donors (Lipinski definition) is 2. The van der Waals surface area contributed by atoms with E-state index in [1.165, 1.54) is 12.1 Å². The largest absolute Gasteiger partial charge is 0.326 e. The van der Waals surface area contributed by atoms with E-state index in [2.05, 4.69) is 24.4 Å². The summed E-state index contributed by atoms with van der Waals surface area (Å²) in [6, 6.07) is 25.3. The van der Waals surface area contributed by atoms with E-state index in [1.54, 1.807) is 12.1 Å². The third kappa shape index (κ3) is 4.55. The Bertz CT molecular complexity index is 835. The predicted octanol–water partition coefficient (Wildman–Crippen LogP) is 3.83. The number of halogens is 1. The first-order chi connectivity index (χ1) is 12.6. The van der Waals surface area contributed by atoms with E-state index in [1.807, 2.05) is 53.8 Å². The summed E-state index contributed by atoms with van der Waals surface area (Å²) in [5.41, 5.74) is 2.66. The van der Waals surface area contributed by atoms with Crippen LogP contribution in [0.4, 0.5) is 10.1 Å². The van der Waals surface area contributed by atoms with Gasteiger partial charge in [-0.25, -0.2) is 4.39 Å². The number of anilines is 1. The molecule has 3 nitrogen and oxygen atoms in total. The molecule has 3 rings (SSSR count). The van der Waals surface area contributed by atoms with Crippen molar-refractivity contribution in [3.8, 4) is 0 Å². The second kappa shape index (κ2) is 8.41. The Balaban J connectivity index is 1.81. The van der Waals surface area contributed by atoms with Gasteiger partial charge in [-0.2, -0.15) is 0 Å². The molecule has 0 spiro atoms. The number of amides is 1. The quantitative estimate of drug-likeness (QED) is 0.698. The van der Waals surface area contributed by atoms with Crippen molar-refractivity contribution in [1.29, 1.82) is 0 Å². The maximum absolute atomic E-state index is 13.1. The van der Waals surface area contributed by atoms with Crippen molar-refractivity contribution in [3.63, 3.8) is 0 Å². The van der Waals surface area contributed by atoms with Crippen LogP contribution >= 0.6 is 0 Å². The van der Waals surface area contributed by atoms with Crippen molar-refractivity contribution in [2.45, 2.75) is 19.0 Å². The molecule has 3 N–H and O–H groups in total. The van der Waals surface area contributed by atoms with Crippen LogP contribution in [0.25, 0.3) is 0 Å². The van der Waals surface area contributed by atoms with Crippen LogP contribution in [-0.4, -0.2) is 5.91 Å². The van der Waals surface area contributed by atoms with Crippen molar-refractivity contribution >= 4 is 11.6 Å². The van der Waals surface area contributed by atoms with E-state index in [-0.39, 0.29) is 17.8 Å². The smallest absolute Gasteiger partial charge is 0.287 e. The molecule has 26 heavy (non-hydrogen) atoms. The van der Waals surface area contributed by atoms with Crippen molar-refractivity contribution in [3.05, 3.63) is 102 Å². The number of rotatable bonds is 6. The number of carbonyl (C=O) groups excluding carboxylic acids is 1. The Labute approximate surface area is 152 Å². The van der Waals surface area contributed by atoms with Gasteiger partial charge < -0.3 is 10.6 Å². The van der Waals surface area contributed by atoms with Gasteiger partial charge in [0.15, 0.2) is 6.04 Å². The number of benzene rings is 3. The number of nitrogens with two attached hydrogens (primary N) is 1. The summed E-state index contributed by atoms with van der Waals surface area (Å²) >= 11 is 0. The molecule has 0 heterocycles. The summed E-state index contributed by atoms with van der Waals surface area (Å²) in [6.45, 7) is 2.08. The highest BCUT2D eigenvalue weighted by molar-refractivity contribution is 5.94. The normalized spacial score (nSPS) is 13.0. The summed E-state index contributed by atoms with van der Waals surface area (Å²) in [5, 5.41) is 4.93. The SMILES string of the molecule is C[C@H]([NH2+][C@@H](C(=O)Nc1ccc(F)cc1)c1ccccc1)c1ccccc1. The first kappa shape index (κ1) is 17.8. The van der Waals surface area contributed by atoms with Crippen LogP contribution in [0, 0.1) is 5.82 Å². The fourth-order valence-electron chi connectivity index (χ4n) is 2.92. The molecule has 1 amide bonds. The minimum atomic E-state index is -0.406. The maximum atomic E-state index is 13.1. The summed E-state index contributed by atoms with van der Waals surface area (Å²) < 4.78 is 13.1. The molecule has 132 valence electrons. The molecule has 0 aromatic heterocycles. The van der Waals surface area contributed by atoms with Gasteiger partial charge in [-0.3, -0.25) is 4.79 Å². The molecule has 0 aliphatic heterocycles. The average Bonchev–Trinajstić information content (AvgIpc) is 2.69. The number of hydrogen-bond acceptors (Lipinski definition) is 1. The molecule has 3 aromatic rings. The fourth-order valence-corrected chi connectivity index (χ4v) is 2.92. The summed E-state index contributed by atoms with van der Waals surface area (Å²) in [6.07, 6.45) is 0. The van der Waals surface area contributed by atoms with Gasteiger partial charge in [0.1, 0.15) is 11.9 Å². The molecule has 2 atom stereocenters. The van der Waals surface area contributed by atoms with E-state index in [9.17, 15) is 9.18 Å². The highest BCUT2D eigenvalue weighted by Crippen LogP contribution is 2.16. The third-order valence-electron chi connectivity index (χ3n) is 4.36. The lowest BCUT2D eigenvalue weighted by atomic mass is 10.0. The van der Waals surface area contributed by atoms with E-state index < -0.39 is 6.04 Å². The molecule has 0 bridgehead atoms. The lowest BCUT2D eigenvalue weighted by Gasteiger charge is -2.20. The van der Waals surface area contributed by atoms with E-state index in [0.29, 0.717) is 5.69 Å². The Kier molecular flexibility index (Phi) is 5.77. The van der Waals surface area contributed by atoms with E-state index >= 15 is 0 Å². The van der Waals surface area contributed by atoms with Crippen LogP contribution in [0.15, 0.2) is 84.9 Å². The number of quaternary nitrogens is 1. The van der Waals surface area contributed by atoms with Gasteiger partial charge >= 0.3 is 0 Å². The summed E-state index contributed by atoms with van der Waals surface area (Å²) in [4.78, 5) is 12.9. The van der Waals surface area contributed by atoms with E-state index in [4.69, 9.17) is 0 Å². The maximum Gasteiger partial charge on any atom is 0.287 e. The van der Waals surface area contributed by atoms with E-state index in [0.717, 1.165) is 11.1 Å². The Morgan fingerprint density at radius 3 is 1.96 bits per heavy atom. The molecule has 0 unspecified atom stereocenters. The van der Waals surface area contributed by atoms with Crippen molar-refractivity contribution < 1.29 is 14.5 Å². The second-order valence-corrected chi connectivity index (χ2v) is 6.28. The molecule has 0 saturated heterocycles. The molecular weight excluding hydrogens is 327 g/mol. The summed E-state index contributed by atoms with van der Waals surface area (Å²) in [5.74, 6) is -0.461. The van der Waals surface area contributed by atoms with Gasteiger partial charge in [0, 0.05) is 16.8 Å². The van der Waals surface area contributed by atoms with Crippen LogP contribution in [0.5, 0.6) is 0 Å². The van der Waals surface area contributed by atoms with Crippen molar-refractivity contribution in [1.82, 2.24) is 0 Å². The van der Waals surface area contributed by atoms with Crippen molar-refractivity contribution in [2.75, 3.05) is 5.32 Å². The highest BCUT2D eigenvalue weighted by Gasteiger charge is 2.27. The highest BCUT2D eigenvalue weighted by atomic mass is 19.1. The fraction of sp³-hybridized carbons (Fsp3) is 0.136. The monoisotopic (exact) mass is 349 g/mol. The topological polar surface area (TPSA) is 45.7 Å². The zero-order valence-electron chi connectivity index (χ0n) is 14.6. The van der Waals surface area contributed by atoms with Gasteiger partial charge in [0.2, 0.25) is 0 Å². The van der Waals surface area contributed by atoms with Crippen LogP contribution in [0.2, 0.25) is 0 Å². The average molecular weight is 349 g/mol. The molecule has 3 aromatic carbocycles. The predicted molar refractivity (Wildman–Crippen MR) is 101 cm³/mol. The lowest BCUT2D eigenvalue weighted by molar-refractivity contribution is -0.718. The Morgan fingerprint density at radius 2 is 1.38 bits per heavy atom. The van der Waals surface area contributed by atoms with Crippen LogP contribution in [-0.2, 0) is 4.79 Å². The second-order valence-electron chi connectivity index (χ2n) is 6.28. The minimum absolute atomic E-state index is 0.111. The molecule has 0 fully saturated rings. The molecular formula is C22H22FN2O+. The number of nitrogens with one attached hydrogen (secondary N) is 1. The zero-order chi connectivity index (χ0) is 18.4. The van der Waals surface area contributed by atoms with Crippen LogP contribution in [0.1, 0.15) is 30.1 Å². The van der Waals surface area contributed by atoms with Crippen LogP contribution in [0.3, 0.4) is 0 Å². The molecule has 0 aliphatic carbocycles. The first-order valence-electron chi connectivity index (χ1n) is 8.65. The molecule has 4 heteroatoms.